The number of hydrogen-bond acceptors (Lipinski definition) is 4. The van der Waals surface area contributed by atoms with E-state index in [-0.39, 0.29) is 11.8 Å². The van der Waals surface area contributed by atoms with Crippen LogP contribution in [0.5, 0.6) is 0 Å². The van der Waals surface area contributed by atoms with Gasteiger partial charge in [0, 0.05) is 12.6 Å². The lowest BCUT2D eigenvalue weighted by Gasteiger charge is -2.29. The van der Waals surface area contributed by atoms with Crippen LogP contribution < -0.4 is 5.73 Å². The molecule has 0 spiro atoms. The molecule has 0 aliphatic carbocycles. The largest absolute Gasteiger partial charge is 0.475 e. The molecule has 0 aromatic carbocycles. The minimum atomic E-state index is -1.03. The smallest absolute Gasteiger partial charge is 0.371 e. The van der Waals surface area contributed by atoms with Gasteiger partial charge in [-0.1, -0.05) is 0 Å². The summed E-state index contributed by atoms with van der Waals surface area (Å²) in [4.78, 5) is 12.8. The molecular weight excluding hydrogens is 208 g/mol. The Bertz CT molecular complexity index is 375. The van der Waals surface area contributed by atoms with Crippen molar-refractivity contribution in [3.05, 3.63) is 23.7 Å². The Morgan fingerprint density at radius 3 is 3.06 bits per heavy atom. The van der Waals surface area contributed by atoms with Crippen LogP contribution in [0.25, 0.3) is 0 Å². The number of likely N-dealkylation sites (tertiary alicyclic amines) is 1. The second-order valence-corrected chi connectivity index (χ2v) is 4.21. The molecule has 5 nitrogen and oxygen atoms in total. The topological polar surface area (TPSA) is 79.7 Å². The molecule has 1 aliphatic heterocycles. The first-order valence-corrected chi connectivity index (χ1v) is 5.45. The van der Waals surface area contributed by atoms with Crippen LogP contribution in [0, 0.1) is 0 Å². The summed E-state index contributed by atoms with van der Waals surface area (Å²) in [5, 5.41) is 8.72. The summed E-state index contributed by atoms with van der Waals surface area (Å²) in [6.07, 6.45) is 2.16. The maximum Gasteiger partial charge on any atom is 0.371 e. The first kappa shape index (κ1) is 11.2. The van der Waals surface area contributed by atoms with Crippen molar-refractivity contribution in [2.45, 2.75) is 25.4 Å². The minimum Gasteiger partial charge on any atom is -0.475 e. The molecule has 1 saturated heterocycles. The van der Waals surface area contributed by atoms with Crippen molar-refractivity contribution in [1.29, 1.82) is 0 Å². The molecule has 1 atom stereocenters. The maximum absolute atomic E-state index is 10.6. The van der Waals surface area contributed by atoms with Gasteiger partial charge in [0.2, 0.25) is 5.76 Å². The molecule has 0 radical (unpaired) electrons. The van der Waals surface area contributed by atoms with Gasteiger partial charge < -0.3 is 15.3 Å². The van der Waals surface area contributed by atoms with Crippen molar-refractivity contribution >= 4 is 5.97 Å². The van der Waals surface area contributed by atoms with Gasteiger partial charge in [-0.25, -0.2) is 4.79 Å². The molecule has 2 rings (SSSR count). The number of hydrogen-bond donors (Lipinski definition) is 2. The van der Waals surface area contributed by atoms with E-state index in [0.29, 0.717) is 12.3 Å². The Kier molecular flexibility index (Phi) is 3.26. The van der Waals surface area contributed by atoms with Gasteiger partial charge in [0.15, 0.2) is 0 Å². The predicted octanol–water partition coefficient (Wildman–Crippen LogP) is 0.901. The normalized spacial score (nSPS) is 22.2. The summed E-state index contributed by atoms with van der Waals surface area (Å²) in [5.74, 6) is -0.343. The molecule has 1 fully saturated rings. The molecule has 0 saturated carbocycles. The molecule has 1 aromatic heterocycles. The van der Waals surface area contributed by atoms with E-state index in [1.165, 1.54) is 6.07 Å². The summed E-state index contributed by atoms with van der Waals surface area (Å²) in [5.41, 5.74) is 5.87. The Hall–Kier alpha value is -1.33. The number of carboxylic acids is 1. The molecule has 3 N–H and O–H groups in total. The zero-order valence-corrected chi connectivity index (χ0v) is 9.06. The number of furan rings is 1. The van der Waals surface area contributed by atoms with Crippen LogP contribution in [0.2, 0.25) is 0 Å². The van der Waals surface area contributed by atoms with Gasteiger partial charge in [-0.2, -0.15) is 0 Å². The highest BCUT2D eigenvalue weighted by atomic mass is 16.4. The summed E-state index contributed by atoms with van der Waals surface area (Å²) >= 11 is 0. The van der Waals surface area contributed by atoms with Crippen molar-refractivity contribution < 1.29 is 14.3 Å². The van der Waals surface area contributed by atoms with Crippen LogP contribution in [0.4, 0.5) is 0 Å². The molecule has 1 aliphatic rings. The van der Waals surface area contributed by atoms with Gasteiger partial charge in [-0.05, 0) is 31.5 Å². The fraction of sp³-hybridized carbons (Fsp3) is 0.545. The molecule has 88 valence electrons. The second kappa shape index (κ2) is 4.67. The van der Waals surface area contributed by atoms with Crippen LogP contribution in [0.3, 0.4) is 0 Å². The molecule has 0 bridgehead atoms. The molecule has 5 heteroatoms. The average molecular weight is 224 g/mol. The Labute approximate surface area is 93.8 Å². The van der Waals surface area contributed by atoms with Crippen molar-refractivity contribution in [2.75, 3.05) is 13.1 Å². The lowest BCUT2D eigenvalue weighted by atomic mass is 10.1. The molecule has 0 amide bonds. The van der Waals surface area contributed by atoms with Crippen LogP contribution in [-0.4, -0.2) is 35.1 Å². The van der Waals surface area contributed by atoms with Gasteiger partial charge in [0.25, 0.3) is 0 Å². The van der Waals surface area contributed by atoms with Crippen molar-refractivity contribution in [1.82, 2.24) is 4.90 Å². The van der Waals surface area contributed by atoms with Crippen LogP contribution in [0.1, 0.15) is 29.2 Å². The Morgan fingerprint density at radius 2 is 2.44 bits per heavy atom. The zero-order chi connectivity index (χ0) is 11.5. The summed E-state index contributed by atoms with van der Waals surface area (Å²) < 4.78 is 5.20. The molecule has 1 aromatic rings. The Balaban J connectivity index is 1.95. The van der Waals surface area contributed by atoms with Gasteiger partial charge in [-0.15, -0.1) is 0 Å². The number of piperidine rings is 1. The fourth-order valence-corrected chi connectivity index (χ4v) is 2.03. The minimum absolute atomic E-state index is 0.00342. The van der Waals surface area contributed by atoms with Gasteiger partial charge >= 0.3 is 5.97 Å². The van der Waals surface area contributed by atoms with E-state index in [2.05, 4.69) is 4.90 Å². The number of aromatic carboxylic acids is 1. The van der Waals surface area contributed by atoms with Crippen LogP contribution in [0.15, 0.2) is 16.5 Å². The predicted molar refractivity (Wildman–Crippen MR) is 58.2 cm³/mol. The second-order valence-electron chi connectivity index (χ2n) is 4.21. The zero-order valence-electron chi connectivity index (χ0n) is 9.06. The monoisotopic (exact) mass is 224 g/mol. The van der Waals surface area contributed by atoms with E-state index >= 15 is 0 Å². The first-order chi connectivity index (χ1) is 7.65. The fourth-order valence-electron chi connectivity index (χ4n) is 2.03. The molecular formula is C11H16N2O3. The van der Waals surface area contributed by atoms with Gasteiger partial charge in [0.1, 0.15) is 5.76 Å². The van der Waals surface area contributed by atoms with E-state index in [0.717, 1.165) is 25.9 Å². The quantitative estimate of drug-likeness (QED) is 0.797. The SMILES string of the molecule is NC1CCCN(Cc2ccc(C(=O)O)o2)C1. The summed E-state index contributed by atoms with van der Waals surface area (Å²) in [6.45, 7) is 2.49. The lowest BCUT2D eigenvalue weighted by Crippen LogP contribution is -2.42. The number of nitrogens with zero attached hydrogens (tertiary/aromatic N) is 1. The van der Waals surface area contributed by atoms with Gasteiger partial charge in [0.05, 0.1) is 6.54 Å². The highest BCUT2D eigenvalue weighted by Crippen LogP contribution is 2.14. The number of carboxylic acid groups (broad SMARTS) is 1. The summed E-state index contributed by atoms with van der Waals surface area (Å²) in [7, 11) is 0. The molecule has 16 heavy (non-hydrogen) atoms. The van der Waals surface area contributed by atoms with E-state index in [9.17, 15) is 4.79 Å². The third-order valence-electron chi connectivity index (χ3n) is 2.79. The number of rotatable bonds is 3. The molecule has 2 heterocycles. The van der Waals surface area contributed by atoms with E-state index in [1.807, 2.05) is 0 Å². The van der Waals surface area contributed by atoms with E-state index < -0.39 is 5.97 Å². The number of nitrogens with two attached hydrogens (primary N) is 1. The third-order valence-corrected chi connectivity index (χ3v) is 2.79. The standard InChI is InChI=1S/C11H16N2O3/c12-8-2-1-5-13(6-8)7-9-3-4-10(16-9)11(14)15/h3-4,8H,1-2,5-7,12H2,(H,14,15). The highest BCUT2D eigenvalue weighted by molar-refractivity contribution is 5.84. The lowest BCUT2D eigenvalue weighted by molar-refractivity contribution is 0.0657. The first-order valence-electron chi connectivity index (χ1n) is 5.45. The van der Waals surface area contributed by atoms with E-state index in [1.54, 1.807) is 6.07 Å². The summed E-state index contributed by atoms with van der Waals surface area (Å²) in [6, 6.07) is 3.42. The Morgan fingerprint density at radius 1 is 1.62 bits per heavy atom. The molecule has 1 unspecified atom stereocenters. The average Bonchev–Trinajstić information content (AvgIpc) is 2.66. The van der Waals surface area contributed by atoms with Crippen molar-refractivity contribution in [2.24, 2.45) is 5.73 Å². The van der Waals surface area contributed by atoms with Crippen molar-refractivity contribution in [3.8, 4) is 0 Å². The van der Waals surface area contributed by atoms with Crippen LogP contribution >= 0.6 is 0 Å². The highest BCUT2D eigenvalue weighted by Gasteiger charge is 2.18. The third kappa shape index (κ3) is 2.62. The maximum atomic E-state index is 10.6. The number of carbonyl (C=O) groups is 1. The van der Waals surface area contributed by atoms with Crippen LogP contribution in [-0.2, 0) is 6.54 Å². The van der Waals surface area contributed by atoms with Gasteiger partial charge in [-0.3, -0.25) is 4.90 Å². The van der Waals surface area contributed by atoms with E-state index in [4.69, 9.17) is 15.3 Å². The van der Waals surface area contributed by atoms with Crippen molar-refractivity contribution in [3.63, 3.8) is 0 Å².